The lowest BCUT2D eigenvalue weighted by atomic mass is 10.0. The van der Waals surface area contributed by atoms with Gasteiger partial charge in [0.2, 0.25) is 11.9 Å². The van der Waals surface area contributed by atoms with E-state index >= 15 is 0 Å². The first kappa shape index (κ1) is 37.5. The monoisotopic (exact) mass is 808 g/mol. The molecule has 63 heavy (non-hydrogen) atoms. The van der Waals surface area contributed by atoms with E-state index in [1.54, 1.807) is 0 Å². The Morgan fingerprint density at radius 2 is 0.873 bits per heavy atom. The molecule has 8 aromatic carbocycles. The molecule has 298 valence electrons. The van der Waals surface area contributed by atoms with Gasteiger partial charge in [-0.2, -0.15) is 0 Å². The molecule has 0 spiro atoms. The highest BCUT2D eigenvalue weighted by Crippen LogP contribution is 2.38. The van der Waals surface area contributed by atoms with Crippen molar-refractivity contribution in [2.45, 2.75) is 6.92 Å². The number of aromatic nitrogens is 4. The Morgan fingerprint density at radius 3 is 1.48 bits per heavy atom. The van der Waals surface area contributed by atoms with Gasteiger partial charge in [-0.15, -0.1) is 0 Å². The van der Waals surface area contributed by atoms with Gasteiger partial charge in [0, 0.05) is 38.4 Å². The zero-order chi connectivity index (χ0) is 42.3. The minimum atomic E-state index is 0.536. The maximum Gasteiger partial charge on any atom is 0.235 e. The number of para-hydroxylation sites is 2. The van der Waals surface area contributed by atoms with Gasteiger partial charge < -0.3 is 0 Å². The van der Waals surface area contributed by atoms with Gasteiger partial charge in [-0.1, -0.05) is 189 Å². The second-order valence-electron chi connectivity index (χ2n) is 15.6. The van der Waals surface area contributed by atoms with Gasteiger partial charge in [-0.3, -0.25) is 9.13 Å². The summed E-state index contributed by atoms with van der Waals surface area (Å²) in [5, 5.41) is 4.48. The third-order valence-electron chi connectivity index (χ3n) is 11.7. The molecule has 0 N–H and O–H groups in total. The van der Waals surface area contributed by atoms with E-state index in [1.165, 1.54) is 0 Å². The second-order valence-corrected chi connectivity index (χ2v) is 15.6. The number of hydrogen-bond donors (Lipinski definition) is 0. The molecule has 6 nitrogen and oxygen atoms in total. The van der Waals surface area contributed by atoms with E-state index < -0.39 is 0 Å². The Labute approximate surface area is 365 Å². The molecule has 0 unspecified atom stereocenters. The fourth-order valence-corrected chi connectivity index (χ4v) is 8.61. The zero-order valence-electron chi connectivity index (χ0n) is 34.6. The molecule has 0 saturated heterocycles. The number of hydrogen-bond acceptors (Lipinski definition) is 3. The van der Waals surface area contributed by atoms with Gasteiger partial charge in [0.15, 0.2) is 0 Å². The maximum absolute atomic E-state index is 5.28. The van der Waals surface area contributed by atoms with Crippen LogP contribution < -0.4 is 0 Å². The van der Waals surface area contributed by atoms with Crippen molar-refractivity contribution in [3.8, 4) is 39.6 Å². The summed E-state index contributed by atoms with van der Waals surface area (Å²) in [6, 6.07) is 73.4. The first-order valence-corrected chi connectivity index (χ1v) is 21.1. The van der Waals surface area contributed by atoms with E-state index in [0.717, 1.165) is 94.1 Å². The first-order chi connectivity index (χ1) is 31.1. The van der Waals surface area contributed by atoms with E-state index in [1.807, 2.05) is 91.9 Å². The average molecular weight is 809 g/mol. The van der Waals surface area contributed by atoms with Crippen LogP contribution in [0.15, 0.2) is 229 Å². The minimum Gasteiger partial charge on any atom is -0.278 e. The molecule has 0 aliphatic carbocycles. The van der Waals surface area contributed by atoms with E-state index in [4.69, 9.17) is 20.0 Å². The molecule has 0 amide bonds. The van der Waals surface area contributed by atoms with Crippen LogP contribution in [-0.2, 0) is 0 Å². The molecule has 0 aliphatic heterocycles. The van der Waals surface area contributed by atoms with Gasteiger partial charge >= 0.3 is 0 Å². The van der Waals surface area contributed by atoms with Crippen molar-refractivity contribution in [1.29, 1.82) is 0 Å². The molecule has 3 heterocycles. The van der Waals surface area contributed by atoms with Gasteiger partial charge in [0.05, 0.1) is 39.2 Å². The van der Waals surface area contributed by atoms with E-state index in [0.29, 0.717) is 17.6 Å². The van der Waals surface area contributed by atoms with Gasteiger partial charge in [-0.25, -0.2) is 20.0 Å². The summed E-state index contributed by atoms with van der Waals surface area (Å²) < 4.78 is 4.39. The summed E-state index contributed by atoms with van der Waals surface area (Å²) in [6.45, 7) is 6.46. The second kappa shape index (κ2) is 15.8. The third-order valence-corrected chi connectivity index (χ3v) is 11.7. The smallest absolute Gasteiger partial charge is 0.235 e. The number of fused-ring (bicyclic) bond motifs is 6. The summed E-state index contributed by atoms with van der Waals surface area (Å²) in [7, 11) is 0. The molecule has 0 fully saturated rings. The summed E-state index contributed by atoms with van der Waals surface area (Å²) in [6.07, 6.45) is 0. The predicted octanol–water partition coefficient (Wildman–Crippen LogP) is 14.1. The number of benzene rings is 8. The average Bonchev–Trinajstić information content (AvgIpc) is 3.87. The quantitative estimate of drug-likeness (QED) is 0.119. The number of nitrogens with zero attached hydrogens (tertiary/aromatic N) is 6. The minimum absolute atomic E-state index is 0.536. The van der Waals surface area contributed by atoms with Gasteiger partial charge in [0.25, 0.3) is 0 Å². The van der Waals surface area contributed by atoms with Crippen molar-refractivity contribution in [3.05, 3.63) is 230 Å². The lowest BCUT2D eigenvalue weighted by molar-refractivity contribution is 0.996. The Balaban J connectivity index is 1.13. The first-order valence-electron chi connectivity index (χ1n) is 21.1. The molecular formula is C57H40N6. The van der Waals surface area contributed by atoms with Crippen LogP contribution in [0, 0.1) is 0 Å². The van der Waals surface area contributed by atoms with Crippen molar-refractivity contribution >= 4 is 61.0 Å². The van der Waals surface area contributed by atoms with Crippen molar-refractivity contribution in [3.63, 3.8) is 0 Å². The van der Waals surface area contributed by atoms with Crippen LogP contribution in [0.5, 0.6) is 0 Å². The Bertz CT molecular complexity index is 3510. The van der Waals surface area contributed by atoms with Crippen LogP contribution >= 0.6 is 0 Å². The fraction of sp³-hybridized carbons (Fsp3) is 0.0175. The molecule has 11 aromatic rings. The van der Waals surface area contributed by atoms with E-state index in [9.17, 15) is 0 Å². The molecule has 0 aliphatic rings. The summed E-state index contributed by atoms with van der Waals surface area (Å²) >= 11 is 0. The largest absolute Gasteiger partial charge is 0.278 e. The lowest BCUT2D eigenvalue weighted by Gasteiger charge is -2.13. The van der Waals surface area contributed by atoms with Crippen molar-refractivity contribution in [2.75, 3.05) is 0 Å². The SMILES string of the molecule is C=C(N=C(N=C(C)c1ccccc1)n1c2ccccc2c2ccc(-c3ccc4c5ccccc5n(-c5nc(-c6ccccc6)cc(-c6ccccc6)n5)c4c3)cc21)c1ccccc1. The van der Waals surface area contributed by atoms with Crippen LogP contribution in [-0.4, -0.2) is 30.8 Å². The zero-order valence-corrected chi connectivity index (χ0v) is 34.6. The normalized spacial score (nSPS) is 12.1. The van der Waals surface area contributed by atoms with Crippen LogP contribution in [0.1, 0.15) is 18.1 Å². The molecule has 11 rings (SSSR count). The maximum atomic E-state index is 5.28. The topological polar surface area (TPSA) is 60.4 Å². The van der Waals surface area contributed by atoms with E-state index in [2.05, 4.69) is 143 Å². The van der Waals surface area contributed by atoms with Crippen molar-refractivity contribution in [2.24, 2.45) is 9.98 Å². The summed E-state index contributed by atoms with van der Waals surface area (Å²) in [5.41, 5.74) is 13.4. The van der Waals surface area contributed by atoms with Crippen LogP contribution in [0.25, 0.3) is 88.9 Å². The molecular weight excluding hydrogens is 769 g/mol. The van der Waals surface area contributed by atoms with Crippen LogP contribution in [0.4, 0.5) is 0 Å². The van der Waals surface area contributed by atoms with E-state index in [-0.39, 0.29) is 0 Å². The molecule has 3 aromatic heterocycles. The fourth-order valence-electron chi connectivity index (χ4n) is 8.61. The third kappa shape index (κ3) is 6.90. The Hall–Kier alpha value is -8.48. The molecule has 0 atom stereocenters. The molecule has 0 saturated carbocycles. The molecule has 0 bridgehead atoms. The van der Waals surface area contributed by atoms with Crippen LogP contribution in [0.3, 0.4) is 0 Å². The van der Waals surface area contributed by atoms with Crippen molar-refractivity contribution in [1.82, 2.24) is 19.1 Å². The predicted molar refractivity (Wildman–Crippen MR) is 263 cm³/mol. The molecule has 6 heteroatoms. The van der Waals surface area contributed by atoms with Gasteiger partial charge in [0.1, 0.15) is 0 Å². The van der Waals surface area contributed by atoms with Gasteiger partial charge in [-0.05, 0) is 59.5 Å². The molecule has 0 radical (unpaired) electrons. The number of rotatable bonds is 7. The number of aliphatic imine (C=N–C) groups is 2. The van der Waals surface area contributed by atoms with Crippen LogP contribution in [0.2, 0.25) is 0 Å². The standard InChI is InChI=1S/C57H40N6/c1-38(40-19-7-3-8-20-40)58-56(59-39(2)41-21-9-4-10-22-41)62-52-29-17-15-27-46(52)48-33-31-44(35-54(48)62)45-32-34-49-47-28-16-18-30-53(47)63(55(49)36-45)57-60-50(42-23-11-5-12-24-42)37-51(61-57)43-25-13-6-14-26-43/h3-37H,1H2,2H3. The van der Waals surface area contributed by atoms with Crippen molar-refractivity contribution < 1.29 is 0 Å². The Morgan fingerprint density at radius 1 is 0.413 bits per heavy atom. The summed E-state index contributed by atoms with van der Waals surface area (Å²) in [4.78, 5) is 21.0. The lowest BCUT2D eigenvalue weighted by Crippen LogP contribution is -2.12. The highest BCUT2D eigenvalue weighted by molar-refractivity contribution is 6.18. The Kier molecular flexibility index (Phi) is 9.44. The highest BCUT2D eigenvalue weighted by Gasteiger charge is 2.20. The summed E-state index contributed by atoms with van der Waals surface area (Å²) in [5.74, 6) is 1.15. The highest BCUT2D eigenvalue weighted by atomic mass is 15.2.